The molecule has 0 spiro atoms. The van der Waals surface area contributed by atoms with Crippen molar-refractivity contribution in [1.82, 2.24) is 15.6 Å². The van der Waals surface area contributed by atoms with Crippen LogP contribution in [0.15, 0.2) is 58.5 Å². The van der Waals surface area contributed by atoms with Crippen LogP contribution in [0.5, 0.6) is 0 Å². The predicted octanol–water partition coefficient (Wildman–Crippen LogP) is 4.16. The maximum absolute atomic E-state index is 5.61. The fourth-order valence-corrected chi connectivity index (χ4v) is 4.19. The molecule has 2 heterocycles. The number of hydrogen-bond acceptors (Lipinski definition) is 5. The largest absolute Gasteiger partial charge is 0.375 e. The topological polar surface area (TPSA) is 61.8 Å². The predicted molar refractivity (Wildman–Crippen MR) is 142 cm³/mol. The summed E-state index contributed by atoms with van der Waals surface area (Å²) in [4.78, 5) is 12.9. The zero-order valence-corrected chi connectivity index (χ0v) is 21.7. The molecule has 170 valence electrons. The molecule has 1 aromatic heterocycles. The highest BCUT2D eigenvalue weighted by molar-refractivity contribution is 14.0. The Morgan fingerprint density at radius 1 is 1.26 bits per heavy atom. The van der Waals surface area contributed by atoms with Crippen molar-refractivity contribution in [3.05, 3.63) is 54.2 Å². The highest BCUT2D eigenvalue weighted by Gasteiger charge is 2.17. The minimum absolute atomic E-state index is 0. The number of hydrogen-bond donors (Lipinski definition) is 2. The first-order chi connectivity index (χ1) is 14.6. The molecule has 2 unspecified atom stereocenters. The summed E-state index contributed by atoms with van der Waals surface area (Å²) in [6.45, 7) is 11.2. The number of halogens is 1. The van der Waals surface area contributed by atoms with E-state index in [9.17, 15) is 0 Å². The Labute approximate surface area is 207 Å². The second kappa shape index (κ2) is 13.8. The van der Waals surface area contributed by atoms with Crippen LogP contribution in [0.1, 0.15) is 26.3 Å². The highest BCUT2D eigenvalue weighted by Crippen LogP contribution is 2.22. The number of nitrogens with one attached hydrogen (secondary N) is 2. The minimum Gasteiger partial charge on any atom is -0.375 e. The number of thioether (sulfide) groups is 1. The Hall–Kier alpha value is -1.52. The van der Waals surface area contributed by atoms with Crippen LogP contribution >= 0.6 is 35.7 Å². The average molecular weight is 556 g/mol. The van der Waals surface area contributed by atoms with Gasteiger partial charge in [-0.15, -0.1) is 35.7 Å². The molecule has 31 heavy (non-hydrogen) atoms. The van der Waals surface area contributed by atoms with E-state index in [1.54, 1.807) is 0 Å². The molecule has 0 amide bonds. The van der Waals surface area contributed by atoms with E-state index in [-0.39, 0.29) is 30.1 Å². The molecule has 2 N–H and O–H groups in total. The summed E-state index contributed by atoms with van der Waals surface area (Å²) in [7, 11) is 0. The normalized spacial score (nSPS) is 17.6. The smallest absolute Gasteiger partial charge is 0.191 e. The van der Waals surface area contributed by atoms with E-state index < -0.39 is 0 Å². The van der Waals surface area contributed by atoms with Crippen molar-refractivity contribution in [2.24, 2.45) is 4.99 Å². The molecule has 3 rings (SSSR count). The van der Waals surface area contributed by atoms with Crippen LogP contribution in [0.2, 0.25) is 0 Å². The molecule has 1 aliphatic rings. The SMILES string of the molecule is CCNC(=NCc1ccc(N2CCOC(C)C2)nc1)NCC(C)Sc1ccccc1.I. The number of pyridine rings is 1. The van der Waals surface area contributed by atoms with Gasteiger partial charge in [-0.1, -0.05) is 31.2 Å². The van der Waals surface area contributed by atoms with Crippen molar-refractivity contribution in [2.75, 3.05) is 37.7 Å². The maximum atomic E-state index is 5.61. The van der Waals surface area contributed by atoms with Gasteiger partial charge in [0.15, 0.2) is 5.96 Å². The van der Waals surface area contributed by atoms with E-state index in [0.29, 0.717) is 11.8 Å². The molecule has 0 radical (unpaired) electrons. The van der Waals surface area contributed by atoms with Crippen molar-refractivity contribution in [3.8, 4) is 0 Å². The Morgan fingerprint density at radius 2 is 2.06 bits per heavy atom. The molecule has 2 atom stereocenters. The second-order valence-electron chi connectivity index (χ2n) is 7.47. The first-order valence-electron chi connectivity index (χ1n) is 10.7. The van der Waals surface area contributed by atoms with Crippen molar-refractivity contribution in [3.63, 3.8) is 0 Å². The van der Waals surface area contributed by atoms with Gasteiger partial charge in [0.1, 0.15) is 5.82 Å². The van der Waals surface area contributed by atoms with E-state index in [4.69, 9.17) is 9.73 Å². The van der Waals surface area contributed by atoms with Crippen LogP contribution < -0.4 is 15.5 Å². The zero-order valence-electron chi connectivity index (χ0n) is 18.6. The number of rotatable bonds is 8. The fourth-order valence-electron chi connectivity index (χ4n) is 3.25. The third-order valence-electron chi connectivity index (χ3n) is 4.78. The Morgan fingerprint density at radius 3 is 2.74 bits per heavy atom. The number of guanidine groups is 1. The monoisotopic (exact) mass is 555 g/mol. The van der Waals surface area contributed by atoms with Gasteiger partial charge in [0.05, 0.1) is 19.3 Å². The van der Waals surface area contributed by atoms with Crippen molar-refractivity contribution in [1.29, 1.82) is 0 Å². The third kappa shape index (κ3) is 8.86. The van der Waals surface area contributed by atoms with Gasteiger partial charge in [0.2, 0.25) is 0 Å². The summed E-state index contributed by atoms with van der Waals surface area (Å²) in [5.74, 6) is 1.85. The lowest BCUT2D eigenvalue weighted by Gasteiger charge is -2.32. The van der Waals surface area contributed by atoms with Gasteiger partial charge in [-0.2, -0.15) is 0 Å². The summed E-state index contributed by atoms with van der Waals surface area (Å²) in [5.41, 5.74) is 1.10. The van der Waals surface area contributed by atoms with E-state index in [2.05, 4.69) is 77.7 Å². The number of aliphatic imine (C=N–C) groups is 1. The van der Waals surface area contributed by atoms with Gasteiger partial charge in [-0.25, -0.2) is 9.98 Å². The maximum Gasteiger partial charge on any atom is 0.191 e. The third-order valence-corrected chi connectivity index (χ3v) is 5.89. The number of ether oxygens (including phenoxy) is 1. The molecule has 2 aromatic rings. The van der Waals surface area contributed by atoms with E-state index >= 15 is 0 Å². The molecular weight excluding hydrogens is 521 g/mol. The molecule has 1 aromatic carbocycles. The Kier molecular flexibility index (Phi) is 11.5. The zero-order chi connectivity index (χ0) is 21.2. The summed E-state index contributed by atoms with van der Waals surface area (Å²) >= 11 is 1.86. The lowest BCUT2D eigenvalue weighted by molar-refractivity contribution is 0.0529. The van der Waals surface area contributed by atoms with Gasteiger partial charge in [0.25, 0.3) is 0 Å². The van der Waals surface area contributed by atoms with Crippen LogP contribution in [0.3, 0.4) is 0 Å². The quantitative estimate of drug-likeness (QED) is 0.221. The molecule has 0 aliphatic carbocycles. The number of nitrogens with zero attached hydrogens (tertiary/aromatic N) is 3. The first-order valence-corrected chi connectivity index (χ1v) is 11.6. The van der Waals surface area contributed by atoms with Crippen LogP contribution in [0.4, 0.5) is 5.82 Å². The number of benzene rings is 1. The van der Waals surface area contributed by atoms with Crippen molar-refractivity contribution in [2.45, 2.75) is 43.6 Å². The number of aromatic nitrogens is 1. The van der Waals surface area contributed by atoms with Crippen LogP contribution in [-0.2, 0) is 11.3 Å². The molecule has 1 fully saturated rings. The molecule has 0 bridgehead atoms. The lowest BCUT2D eigenvalue weighted by Crippen LogP contribution is -2.41. The van der Waals surface area contributed by atoms with Gasteiger partial charge < -0.3 is 20.3 Å². The average Bonchev–Trinajstić information content (AvgIpc) is 2.77. The summed E-state index contributed by atoms with van der Waals surface area (Å²) in [5, 5.41) is 7.22. The summed E-state index contributed by atoms with van der Waals surface area (Å²) in [6, 6.07) is 14.7. The molecule has 6 nitrogen and oxygen atoms in total. The van der Waals surface area contributed by atoms with E-state index in [1.807, 2.05) is 24.0 Å². The Bertz CT molecular complexity index is 790. The van der Waals surface area contributed by atoms with Gasteiger partial charge in [-0.3, -0.25) is 0 Å². The Balaban J connectivity index is 0.00000341. The van der Waals surface area contributed by atoms with E-state index in [0.717, 1.165) is 50.1 Å². The minimum atomic E-state index is 0. The molecular formula is C23H34IN5OS. The van der Waals surface area contributed by atoms with Gasteiger partial charge in [-0.05, 0) is 37.6 Å². The summed E-state index contributed by atoms with van der Waals surface area (Å²) < 4.78 is 5.61. The van der Waals surface area contributed by atoms with Crippen LogP contribution in [0.25, 0.3) is 0 Å². The van der Waals surface area contributed by atoms with Crippen molar-refractivity contribution < 1.29 is 4.74 Å². The van der Waals surface area contributed by atoms with Crippen LogP contribution in [0, 0.1) is 0 Å². The van der Waals surface area contributed by atoms with Gasteiger partial charge >= 0.3 is 0 Å². The molecule has 0 saturated carbocycles. The first kappa shape index (κ1) is 25.7. The standard InChI is InChI=1S/C23H33N5OS.HI/c1-4-24-23(26-14-19(3)30-21-8-6-5-7-9-21)27-16-20-10-11-22(25-15-20)28-12-13-29-18(2)17-28;/h5-11,15,18-19H,4,12-14,16-17H2,1-3H3,(H2,24,26,27);1H. The lowest BCUT2D eigenvalue weighted by atomic mass is 10.2. The molecule has 1 saturated heterocycles. The number of morpholine rings is 1. The molecule has 8 heteroatoms. The number of anilines is 1. The molecule has 1 aliphatic heterocycles. The second-order valence-corrected chi connectivity index (χ2v) is 8.98. The van der Waals surface area contributed by atoms with E-state index in [1.165, 1.54) is 4.90 Å². The van der Waals surface area contributed by atoms with Crippen molar-refractivity contribution >= 4 is 47.5 Å². The highest BCUT2D eigenvalue weighted by atomic mass is 127. The van der Waals surface area contributed by atoms with Gasteiger partial charge in [0, 0.05) is 42.5 Å². The van der Waals surface area contributed by atoms with Crippen LogP contribution in [-0.4, -0.2) is 55.1 Å². The fraction of sp³-hybridized carbons (Fsp3) is 0.478. The summed E-state index contributed by atoms with van der Waals surface area (Å²) in [6.07, 6.45) is 2.18.